The van der Waals surface area contributed by atoms with E-state index < -0.39 is 0 Å². The fourth-order valence-electron chi connectivity index (χ4n) is 2.39. The van der Waals surface area contributed by atoms with E-state index in [9.17, 15) is 0 Å². The first-order chi connectivity index (χ1) is 10.2. The molecule has 0 saturated heterocycles. The van der Waals surface area contributed by atoms with Gasteiger partial charge in [0.05, 0.1) is 11.7 Å². The lowest BCUT2D eigenvalue weighted by Gasteiger charge is -2.21. The fraction of sp³-hybridized carbons (Fsp3) is 0.438. The van der Waals surface area contributed by atoms with Crippen molar-refractivity contribution in [1.29, 1.82) is 0 Å². The van der Waals surface area contributed by atoms with Crippen molar-refractivity contribution in [2.45, 2.75) is 39.3 Å². The van der Waals surface area contributed by atoms with E-state index in [4.69, 9.17) is 23.2 Å². The van der Waals surface area contributed by atoms with Crippen LogP contribution in [0.2, 0.25) is 10.0 Å². The molecule has 1 N–H and O–H groups in total. The molecule has 0 amide bonds. The zero-order valence-corrected chi connectivity index (χ0v) is 14.0. The topological polar surface area (TPSA) is 29.9 Å². The van der Waals surface area contributed by atoms with Crippen LogP contribution in [0.1, 0.15) is 44.0 Å². The van der Waals surface area contributed by atoms with E-state index >= 15 is 0 Å². The third-order valence-corrected chi connectivity index (χ3v) is 3.93. The van der Waals surface area contributed by atoms with Gasteiger partial charge in [0.2, 0.25) is 0 Å². The van der Waals surface area contributed by atoms with Crippen LogP contribution in [0.5, 0.6) is 0 Å². The van der Waals surface area contributed by atoms with Gasteiger partial charge in [-0.25, -0.2) is 0 Å². The van der Waals surface area contributed by atoms with Gasteiger partial charge in [0.25, 0.3) is 0 Å². The minimum absolute atomic E-state index is 0.00481. The van der Waals surface area contributed by atoms with E-state index in [-0.39, 0.29) is 6.04 Å². The number of halogens is 2. The predicted octanol–water partition coefficient (Wildman–Crippen LogP) is 4.69. The smallest absolute Gasteiger partial charge is 0.0763 e. The van der Waals surface area contributed by atoms with E-state index in [2.05, 4.69) is 24.3 Å². The Bertz CT molecular complexity index is 581. The van der Waals surface area contributed by atoms with Crippen molar-refractivity contribution < 1.29 is 0 Å². The highest BCUT2D eigenvalue weighted by Crippen LogP contribution is 2.30. The van der Waals surface area contributed by atoms with Crippen LogP contribution in [-0.2, 0) is 6.54 Å². The summed E-state index contributed by atoms with van der Waals surface area (Å²) in [6, 6.07) is 7.64. The second kappa shape index (κ2) is 7.83. The predicted molar refractivity (Wildman–Crippen MR) is 89.1 cm³/mol. The molecule has 2 aromatic rings. The van der Waals surface area contributed by atoms with Crippen LogP contribution in [0.4, 0.5) is 0 Å². The first-order valence-corrected chi connectivity index (χ1v) is 8.13. The summed E-state index contributed by atoms with van der Waals surface area (Å²) >= 11 is 12.5. The lowest BCUT2D eigenvalue weighted by molar-refractivity contribution is 0.511. The number of hydrogen-bond donors (Lipinski definition) is 1. The van der Waals surface area contributed by atoms with Gasteiger partial charge in [-0.3, -0.25) is 4.68 Å². The molecule has 1 aromatic heterocycles. The summed E-state index contributed by atoms with van der Waals surface area (Å²) in [6.45, 7) is 6.09. The molecule has 5 heteroatoms. The molecule has 0 aliphatic rings. The average molecular weight is 326 g/mol. The molecule has 114 valence electrons. The summed E-state index contributed by atoms with van der Waals surface area (Å²) in [4.78, 5) is 0. The van der Waals surface area contributed by atoms with E-state index in [0.717, 1.165) is 42.2 Å². The number of hydrogen-bond acceptors (Lipinski definition) is 2. The molecule has 3 nitrogen and oxygen atoms in total. The molecular formula is C16H21Cl2N3. The second-order valence-electron chi connectivity index (χ2n) is 5.03. The Morgan fingerprint density at radius 3 is 2.71 bits per heavy atom. The number of nitrogens with zero attached hydrogens (tertiary/aromatic N) is 2. The molecule has 0 saturated carbocycles. The molecule has 1 aromatic carbocycles. The van der Waals surface area contributed by atoms with Crippen LogP contribution in [0.25, 0.3) is 0 Å². The second-order valence-corrected chi connectivity index (χ2v) is 5.88. The zero-order valence-electron chi connectivity index (χ0n) is 12.4. The van der Waals surface area contributed by atoms with Gasteiger partial charge in [-0.05, 0) is 49.2 Å². The van der Waals surface area contributed by atoms with Crippen molar-refractivity contribution in [2.75, 3.05) is 6.54 Å². The normalized spacial score (nSPS) is 12.6. The molecule has 0 aliphatic carbocycles. The summed E-state index contributed by atoms with van der Waals surface area (Å²) in [6.07, 6.45) is 3.93. The Kier molecular flexibility index (Phi) is 6.09. The van der Waals surface area contributed by atoms with Crippen LogP contribution in [0, 0.1) is 0 Å². The Balaban J connectivity index is 2.42. The van der Waals surface area contributed by atoms with Gasteiger partial charge in [-0.1, -0.05) is 37.0 Å². The molecule has 0 bridgehead atoms. The quantitative estimate of drug-likeness (QED) is 0.800. The summed E-state index contributed by atoms with van der Waals surface area (Å²) in [5, 5.41) is 9.38. The van der Waals surface area contributed by atoms with Crippen molar-refractivity contribution in [3.05, 3.63) is 51.8 Å². The van der Waals surface area contributed by atoms with Gasteiger partial charge in [-0.2, -0.15) is 5.10 Å². The minimum atomic E-state index is 0.00481. The van der Waals surface area contributed by atoms with Gasteiger partial charge >= 0.3 is 0 Å². The van der Waals surface area contributed by atoms with Crippen LogP contribution in [0.3, 0.4) is 0 Å². The number of rotatable bonds is 7. The van der Waals surface area contributed by atoms with Gasteiger partial charge in [0.15, 0.2) is 0 Å². The number of aryl methyl sites for hydroxylation is 1. The summed E-state index contributed by atoms with van der Waals surface area (Å²) in [5.41, 5.74) is 2.12. The van der Waals surface area contributed by atoms with E-state index in [1.807, 2.05) is 35.1 Å². The summed E-state index contributed by atoms with van der Waals surface area (Å²) in [5.74, 6) is 0. The zero-order chi connectivity index (χ0) is 15.2. The Hall–Kier alpha value is -1.03. The van der Waals surface area contributed by atoms with Crippen LogP contribution >= 0.6 is 23.2 Å². The van der Waals surface area contributed by atoms with Crippen LogP contribution in [0.15, 0.2) is 30.5 Å². The van der Waals surface area contributed by atoms with Crippen molar-refractivity contribution in [1.82, 2.24) is 15.1 Å². The SMILES string of the molecule is CCCNC(c1cc(Cl)ccc1Cl)c1ccnn1CCC. The van der Waals surface area contributed by atoms with E-state index in [0.29, 0.717) is 5.02 Å². The molecule has 2 rings (SSSR count). The van der Waals surface area contributed by atoms with Crippen molar-refractivity contribution >= 4 is 23.2 Å². The van der Waals surface area contributed by atoms with Gasteiger partial charge in [0.1, 0.15) is 0 Å². The number of aromatic nitrogens is 2. The first kappa shape index (κ1) is 16.3. The maximum absolute atomic E-state index is 6.39. The first-order valence-electron chi connectivity index (χ1n) is 7.37. The molecule has 0 radical (unpaired) electrons. The van der Waals surface area contributed by atoms with E-state index in [1.165, 1.54) is 0 Å². The standard InChI is InChI=1S/C16H21Cl2N3/c1-3-8-19-16(13-11-12(17)5-6-14(13)18)15-7-9-20-21(15)10-4-2/h5-7,9,11,16,19H,3-4,8,10H2,1-2H3. The summed E-state index contributed by atoms with van der Waals surface area (Å²) in [7, 11) is 0. The highest BCUT2D eigenvalue weighted by Gasteiger charge is 2.20. The fourth-order valence-corrected chi connectivity index (χ4v) is 2.79. The van der Waals surface area contributed by atoms with Crippen LogP contribution < -0.4 is 5.32 Å². The molecule has 1 heterocycles. The van der Waals surface area contributed by atoms with Crippen molar-refractivity contribution in [3.63, 3.8) is 0 Å². The molecular weight excluding hydrogens is 305 g/mol. The lowest BCUT2D eigenvalue weighted by Crippen LogP contribution is -2.26. The number of nitrogens with one attached hydrogen (secondary N) is 1. The maximum atomic E-state index is 6.39. The molecule has 0 fully saturated rings. The third-order valence-electron chi connectivity index (χ3n) is 3.35. The summed E-state index contributed by atoms with van der Waals surface area (Å²) < 4.78 is 2.03. The lowest BCUT2D eigenvalue weighted by atomic mass is 10.0. The molecule has 1 atom stereocenters. The van der Waals surface area contributed by atoms with E-state index in [1.54, 1.807) is 0 Å². The van der Waals surface area contributed by atoms with Gasteiger partial charge in [-0.15, -0.1) is 0 Å². The number of benzene rings is 1. The molecule has 21 heavy (non-hydrogen) atoms. The highest BCUT2D eigenvalue weighted by atomic mass is 35.5. The highest BCUT2D eigenvalue weighted by molar-refractivity contribution is 6.33. The Morgan fingerprint density at radius 1 is 1.19 bits per heavy atom. The Labute approximate surface area is 136 Å². The largest absolute Gasteiger partial charge is 0.305 e. The molecule has 1 unspecified atom stereocenters. The molecule has 0 aliphatic heterocycles. The third kappa shape index (κ3) is 4.00. The minimum Gasteiger partial charge on any atom is -0.305 e. The van der Waals surface area contributed by atoms with Crippen LogP contribution in [-0.4, -0.2) is 16.3 Å². The monoisotopic (exact) mass is 325 g/mol. The maximum Gasteiger partial charge on any atom is 0.0763 e. The van der Waals surface area contributed by atoms with Crippen molar-refractivity contribution in [3.8, 4) is 0 Å². The molecule has 0 spiro atoms. The average Bonchev–Trinajstić information content (AvgIpc) is 2.92. The van der Waals surface area contributed by atoms with Crippen molar-refractivity contribution in [2.24, 2.45) is 0 Å². The van der Waals surface area contributed by atoms with Gasteiger partial charge in [0, 0.05) is 22.8 Å². The Morgan fingerprint density at radius 2 is 2.00 bits per heavy atom. The van der Waals surface area contributed by atoms with Gasteiger partial charge < -0.3 is 5.32 Å².